The van der Waals surface area contributed by atoms with E-state index in [9.17, 15) is 9.59 Å². The van der Waals surface area contributed by atoms with E-state index in [2.05, 4.69) is 0 Å². The third-order valence-electron chi connectivity index (χ3n) is 5.45. The Morgan fingerprint density at radius 2 is 1.32 bits per heavy atom. The summed E-state index contributed by atoms with van der Waals surface area (Å²) in [5, 5.41) is 0. The third-order valence-corrected chi connectivity index (χ3v) is 5.45. The molecule has 0 saturated heterocycles. The third kappa shape index (κ3) is 4.83. The van der Waals surface area contributed by atoms with E-state index >= 15 is 0 Å². The van der Waals surface area contributed by atoms with Crippen molar-refractivity contribution in [3.63, 3.8) is 0 Å². The number of esters is 2. The molecule has 0 aromatic heterocycles. The van der Waals surface area contributed by atoms with Gasteiger partial charge in [0.1, 0.15) is 11.5 Å². The second-order valence-electron chi connectivity index (χ2n) is 7.44. The van der Waals surface area contributed by atoms with Crippen LogP contribution >= 0.6 is 0 Å². The Morgan fingerprint density at radius 1 is 0.800 bits per heavy atom. The second kappa shape index (κ2) is 8.50. The van der Waals surface area contributed by atoms with Crippen molar-refractivity contribution < 1.29 is 19.1 Å². The van der Waals surface area contributed by atoms with Crippen LogP contribution in [0.25, 0.3) is 0 Å². The number of ether oxygens (including phenoxy) is 2. The van der Waals surface area contributed by atoms with Gasteiger partial charge in [0.15, 0.2) is 0 Å². The molecule has 136 valence electrons. The van der Waals surface area contributed by atoms with Crippen LogP contribution < -0.4 is 9.47 Å². The van der Waals surface area contributed by atoms with Gasteiger partial charge in [-0.05, 0) is 56.4 Å². The van der Waals surface area contributed by atoms with Crippen LogP contribution in [-0.4, -0.2) is 11.9 Å². The molecule has 1 aromatic carbocycles. The van der Waals surface area contributed by atoms with Gasteiger partial charge in [-0.25, -0.2) is 0 Å². The molecule has 0 spiro atoms. The van der Waals surface area contributed by atoms with Crippen molar-refractivity contribution in [2.24, 2.45) is 11.8 Å². The van der Waals surface area contributed by atoms with Crippen LogP contribution in [0.15, 0.2) is 18.2 Å². The fourth-order valence-electron chi connectivity index (χ4n) is 3.87. The highest BCUT2D eigenvalue weighted by Gasteiger charge is 2.25. The lowest BCUT2D eigenvalue weighted by atomic mass is 9.89. The fraction of sp³-hybridized carbons (Fsp3) is 0.619. The van der Waals surface area contributed by atoms with Gasteiger partial charge in [0, 0.05) is 0 Å². The maximum absolute atomic E-state index is 12.3. The van der Waals surface area contributed by atoms with Gasteiger partial charge in [-0.15, -0.1) is 0 Å². The summed E-state index contributed by atoms with van der Waals surface area (Å²) in [7, 11) is 0. The highest BCUT2D eigenvalue weighted by atomic mass is 16.5. The maximum atomic E-state index is 12.3. The van der Waals surface area contributed by atoms with Gasteiger partial charge in [-0.2, -0.15) is 0 Å². The summed E-state index contributed by atoms with van der Waals surface area (Å²) in [6.07, 6.45) is 10.6. The van der Waals surface area contributed by atoms with Crippen molar-refractivity contribution in [2.75, 3.05) is 0 Å². The van der Waals surface area contributed by atoms with E-state index in [-0.39, 0.29) is 23.8 Å². The van der Waals surface area contributed by atoms with Gasteiger partial charge in [0.2, 0.25) is 0 Å². The predicted octanol–water partition coefficient (Wildman–Crippen LogP) is 4.97. The number of hydrogen-bond donors (Lipinski definition) is 0. The van der Waals surface area contributed by atoms with Crippen molar-refractivity contribution in [2.45, 2.75) is 71.1 Å². The van der Waals surface area contributed by atoms with Crippen molar-refractivity contribution >= 4 is 11.9 Å². The molecule has 25 heavy (non-hydrogen) atoms. The Hall–Kier alpha value is -1.84. The average Bonchev–Trinajstić information content (AvgIpc) is 2.65. The van der Waals surface area contributed by atoms with Crippen LogP contribution in [0.4, 0.5) is 0 Å². The summed E-state index contributed by atoms with van der Waals surface area (Å²) in [6, 6.07) is 5.24. The average molecular weight is 344 g/mol. The van der Waals surface area contributed by atoms with Gasteiger partial charge in [-0.1, -0.05) is 38.5 Å². The lowest BCUT2D eigenvalue weighted by Crippen LogP contribution is -2.23. The molecule has 0 radical (unpaired) electrons. The summed E-state index contributed by atoms with van der Waals surface area (Å²) < 4.78 is 11.1. The predicted molar refractivity (Wildman–Crippen MR) is 95.6 cm³/mol. The Kier molecular flexibility index (Phi) is 6.11. The highest BCUT2D eigenvalue weighted by molar-refractivity contribution is 5.76. The molecule has 1 aromatic rings. The Bertz CT molecular complexity index is 610. The van der Waals surface area contributed by atoms with E-state index in [4.69, 9.17) is 9.47 Å². The molecular weight excluding hydrogens is 316 g/mol. The first-order valence-electron chi connectivity index (χ1n) is 9.67. The minimum atomic E-state index is -0.133. The number of carbonyl (C=O) groups excluding carboxylic acids is 2. The smallest absolute Gasteiger partial charge is 0.314 e. The topological polar surface area (TPSA) is 52.6 Å². The molecule has 2 aliphatic carbocycles. The largest absolute Gasteiger partial charge is 0.426 e. The van der Waals surface area contributed by atoms with Crippen LogP contribution in [0.5, 0.6) is 11.5 Å². The summed E-state index contributed by atoms with van der Waals surface area (Å²) >= 11 is 0. The Morgan fingerprint density at radius 3 is 1.84 bits per heavy atom. The van der Waals surface area contributed by atoms with Crippen molar-refractivity contribution in [1.82, 2.24) is 0 Å². The lowest BCUT2D eigenvalue weighted by molar-refractivity contribution is -0.141. The van der Waals surface area contributed by atoms with E-state index in [1.54, 1.807) is 18.2 Å². The van der Waals surface area contributed by atoms with Crippen LogP contribution in [0.3, 0.4) is 0 Å². The number of rotatable bonds is 4. The summed E-state index contributed by atoms with van der Waals surface area (Å²) in [4.78, 5) is 24.5. The summed E-state index contributed by atoms with van der Waals surface area (Å²) in [5.74, 6) is 0.884. The second-order valence-corrected chi connectivity index (χ2v) is 7.44. The molecule has 0 unspecified atom stereocenters. The quantitative estimate of drug-likeness (QED) is 0.572. The monoisotopic (exact) mass is 344 g/mol. The van der Waals surface area contributed by atoms with Crippen LogP contribution in [-0.2, 0) is 9.59 Å². The molecule has 4 nitrogen and oxygen atoms in total. The first-order chi connectivity index (χ1) is 12.1. The molecule has 0 bridgehead atoms. The zero-order valence-corrected chi connectivity index (χ0v) is 15.1. The molecule has 0 aliphatic heterocycles. The molecule has 2 saturated carbocycles. The van der Waals surface area contributed by atoms with Gasteiger partial charge < -0.3 is 9.47 Å². The molecule has 4 heteroatoms. The van der Waals surface area contributed by atoms with Crippen molar-refractivity contribution in [3.8, 4) is 11.5 Å². The molecule has 0 amide bonds. The Labute approximate surface area is 149 Å². The SMILES string of the molecule is Cc1cc(OC(=O)C2CCCCC2)ccc1OC(=O)C1CCCCC1. The van der Waals surface area contributed by atoms with Gasteiger partial charge in [-0.3, -0.25) is 9.59 Å². The molecule has 2 aliphatic rings. The van der Waals surface area contributed by atoms with Crippen LogP contribution in [0, 0.1) is 18.8 Å². The highest BCUT2D eigenvalue weighted by Crippen LogP contribution is 2.30. The standard InChI is InChI=1S/C21H28O4/c1-15-14-18(24-20(22)16-8-4-2-5-9-16)12-13-19(15)25-21(23)17-10-6-3-7-11-17/h12-14,16-17H,2-11H2,1H3. The number of benzene rings is 1. The van der Waals surface area contributed by atoms with Crippen LogP contribution in [0.1, 0.15) is 69.8 Å². The van der Waals surface area contributed by atoms with Gasteiger partial charge >= 0.3 is 11.9 Å². The molecule has 3 rings (SSSR count). The zero-order valence-electron chi connectivity index (χ0n) is 15.1. The van der Waals surface area contributed by atoms with Crippen molar-refractivity contribution in [1.29, 1.82) is 0 Å². The first kappa shape index (κ1) is 18.0. The van der Waals surface area contributed by atoms with Crippen LogP contribution in [0.2, 0.25) is 0 Å². The first-order valence-corrected chi connectivity index (χ1v) is 9.67. The van der Waals surface area contributed by atoms with Gasteiger partial charge in [0.05, 0.1) is 11.8 Å². The Balaban J connectivity index is 1.58. The number of carbonyl (C=O) groups is 2. The van der Waals surface area contributed by atoms with Crippen molar-refractivity contribution in [3.05, 3.63) is 23.8 Å². The minimum absolute atomic E-state index is 0.0250. The van der Waals surface area contributed by atoms with E-state index < -0.39 is 0 Å². The summed E-state index contributed by atoms with van der Waals surface area (Å²) in [5.41, 5.74) is 0.818. The number of hydrogen-bond acceptors (Lipinski definition) is 4. The van der Waals surface area contributed by atoms with E-state index in [0.717, 1.165) is 56.9 Å². The molecule has 0 atom stereocenters. The van der Waals surface area contributed by atoms with E-state index in [0.29, 0.717) is 11.5 Å². The van der Waals surface area contributed by atoms with E-state index in [1.165, 1.54) is 12.8 Å². The maximum Gasteiger partial charge on any atom is 0.314 e. The molecule has 0 N–H and O–H groups in total. The number of aryl methyl sites for hydroxylation is 1. The minimum Gasteiger partial charge on any atom is -0.426 e. The summed E-state index contributed by atoms with van der Waals surface area (Å²) in [6.45, 7) is 1.88. The fourth-order valence-corrected chi connectivity index (χ4v) is 3.87. The van der Waals surface area contributed by atoms with Gasteiger partial charge in [0.25, 0.3) is 0 Å². The molecule has 0 heterocycles. The lowest BCUT2D eigenvalue weighted by Gasteiger charge is -2.21. The zero-order chi connectivity index (χ0) is 17.6. The molecule has 2 fully saturated rings. The molecular formula is C21H28O4. The normalized spacial score (nSPS) is 19.4. The van der Waals surface area contributed by atoms with E-state index in [1.807, 2.05) is 6.92 Å².